The van der Waals surface area contributed by atoms with E-state index in [0.717, 1.165) is 13.1 Å². The number of benzene rings is 2. The average Bonchev–Trinajstić information content (AvgIpc) is 3.25. The molecule has 0 saturated carbocycles. The lowest BCUT2D eigenvalue weighted by molar-refractivity contribution is -0.143. The lowest BCUT2D eigenvalue weighted by Crippen LogP contribution is -2.49. The maximum atomic E-state index is 14.2. The molecule has 13 heteroatoms. The fourth-order valence-electron chi connectivity index (χ4n) is 5.20. The first-order valence-electron chi connectivity index (χ1n) is 13.9. The summed E-state index contributed by atoms with van der Waals surface area (Å²) < 4.78 is 97.1. The van der Waals surface area contributed by atoms with Gasteiger partial charge in [-0.1, -0.05) is 6.07 Å². The lowest BCUT2D eigenvalue weighted by Gasteiger charge is -2.39. The molecule has 234 valence electrons. The van der Waals surface area contributed by atoms with Crippen molar-refractivity contribution in [1.29, 1.82) is 0 Å². The number of aromatic nitrogens is 2. The summed E-state index contributed by atoms with van der Waals surface area (Å²) in [5.41, 5.74) is -2.36. The topological polar surface area (TPSA) is 44.6 Å². The lowest BCUT2D eigenvalue weighted by atomic mass is 10.0. The Bertz CT molecular complexity index is 1420. The standard InChI is InChI=1S/C30H34F7N5O/c1-18(2)39-9-11-40(12-10-39)27-26(20(5)38-42(27)25-8-6-7-24(31)16-25)17-41(19(3)4)28(43)21-13-22(29(32,33)34)15-23(14-21)30(35,36)37/h6-8,13-16,18-19H,9-12,17H2,1-5H3. The van der Waals surface area contributed by atoms with Gasteiger partial charge in [0.1, 0.15) is 11.6 Å². The molecule has 0 unspecified atom stereocenters. The van der Waals surface area contributed by atoms with E-state index >= 15 is 0 Å². The van der Waals surface area contributed by atoms with Gasteiger partial charge in [0.05, 0.1) is 29.1 Å². The predicted molar refractivity (Wildman–Crippen MR) is 149 cm³/mol. The number of anilines is 1. The molecule has 2 heterocycles. The van der Waals surface area contributed by atoms with Gasteiger partial charge in [-0.05, 0) is 71.0 Å². The maximum Gasteiger partial charge on any atom is 0.416 e. The number of aryl methyl sites for hydroxylation is 1. The molecule has 1 aliphatic rings. The van der Waals surface area contributed by atoms with Crippen molar-refractivity contribution in [3.05, 3.63) is 76.2 Å². The number of piperazine rings is 1. The summed E-state index contributed by atoms with van der Waals surface area (Å²) in [7, 11) is 0. The molecule has 3 aromatic rings. The summed E-state index contributed by atoms with van der Waals surface area (Å²) in [6.45, 7) is 11.6. The summed E-state index contributed by atoms with van der Waals surface area (Å²) in [4.78, 5) is 19.3. The third kappa shape index (κ3) is 7.14. The van der Waals surface area contributed by atoms with Crippen molar-refractivity contribution < 1.29 is 35.5 Å². The van der Waals surface area contributed by atoms with E-state index in [-0.39, 0.29) is 12.6 Å². The van der Waals surface area contributed by atoms with Crippen molar-refractivity contribution in [3.63, 3.8) is 0 Å². The minimum Gasteiger partial charge on any atom is -0.354 e. The number of rotatable bonds is 7. The van der Waals surface area contributed by atoms with Crippen LogP contribution in [-0.2, 0) is 18.9 Å². The molecule has 0 spiro atoms. The molecular weight excluding hydrogens is 579 g/mol. The fraction of sp³-hybridized carbons (Fsp3) is 0.467. The number of hydrogen-bond acceptors (Lipinski definition) is 4. The summed E-state index contributed by atoms with van der Waals surface area (Å²) in [5, 5.41) is 4.65. The molecule has 6 nitrogen and oxygen atoms in total. The molecule has 1 amide bonds. The molecular formula is C30H34F7N5O. The van der Waals surface area contributed by atoms with Crippen LogP contribution in [0.5, 0.6) is 0 Å². The van der Waals surface area contributed by atoms with Gasteiger partial charge in [0.25, 0.3) is 5.91 Å². The van der Waals surface area contributed by atoms with Gasteiger partial charge in [0, 0.05) is 49.4 Å². The molecule has 1 saturated heterocycles. The Hall–Kier alpha value is -3.61. The van der Waals surface area contributed by atoms with Crippen LogP contribution in [0.4, 0.5) is 36.6 Å². The van der Waals surface area contributed by atoms with Crippen LogP contribution in [0, 0.1) is 12.7 Å². The predicted octanol–water partition coefficient (Wildman–Crippen LogP) is 6.94. The van der Waals surface area contributed by atoms with E-state index in [1.54, 1.807) is 31.5 Å². The highest BCUT2D eigenvalue weighted by molar-refractivity contribution is 5.95. The van der Waals surface area contributed by atoms with Crippen molar-refractivity contribution in [2.24, 2.45) is 0 Å². The SMILES string of the molecule is Cc1nn(-c2cccc(F)c2)c(N2CCN(C(C)C)CC2)c1CN(C(=O)c1cc(C(F)(F)F)cc(C(F)(F)F)c1)C(C)C. The zero-order chi connectivity index (χ0) is 31.9. The highest BCUT2D eigenvalue weighted by Gasteiger charge is 2.38. The monoisotopic (exact) mass is 613 g/mol. The Kier molecular flexibility index (Phi) is 9.15. The molecule has 0 aliphatic carbocycles. The highest BCUT2D eigenvalue weighted by atomic mass is 19.4. The second-order valence-corrected chi connectivity index (χ2v) is 11.2. The summed E-state index contributed by atoms with van der Waals surface area (Å²) in [6, 6.07) is 6.45. The van der Waals surface area contributed by atoms with Gasteiger partial charge in [0.2, 0.25) is 0 Å². The first-order valence-corrected chi connectivity index (χ1v) is 13.9. The van der Waals surface area contributed by atoms with E-state index in [1.165, 1.54) is 23.1 Å². The third-order valence-electron chi connectivity index (χ3n) is 7.60. The largest absolute Gasteiger partial charge is 0.416 e. The van der Waals surface area contributed by atoms with Crippen molar-refractivity contribution in [2.75, 3.05) is 31.1 Å². The number of nitrogens with zero attached hydrogens (tertiary/aromatic N) is 5. The van der Waals surface area contributed by atoms with E-state index in [2.05, 4.69) is 28.7 Å². The van der Waals surface area contributed by atoms with E-state index < -0.39 is 46.8 Å². The van der Waals surface area contributed by atoms with Gasteiger partial charge in [-0.3, -0.25) is 9.69 Å². The second kappa shape index (κ2) is 12.2. The van der Waals surface area contributed by atoms with Crippen LogP contribution in [0.15, 0.2) is 42.5 Å². The van der Waals surface area contributed by atoms with Gasteiger partial charge in [-0.25, -0.2) is 9.07 Å². The van der Waals surface area contributed by atoms with Crippen LogP contribution >= 0.6 is 0 Å². The number of amides is 1. The number of alkyl halides is 6. The van der Waals surface area contributed by atoms with Crippen LogP contribution in [0.25, 0.3) is 5.69 Å². The molecule has 1 aromatic heterocycles. The number of carbonyl (C=O) groups excluding carboxylic acids is 1. The Labute approximate surface area is 245 Å². The first-order chi connectivity index (χ1) is 20.0. The quantitative estimate of drug-likeness (QED) is 0.271. The molecule has 2 aromatic carbocycles. The van der Waals surface area contributed by atoms with Crippen LogP contribution in [-0.4, -0.2) is 63.8 Å². The Morgan fingerprint density at radius 1 is 0.907 bits per heavy atom. The van der Waals surface area contributed by atoms with E-state index in [0.29, 0.717) is 54.0 Å². The first kappa shape index (κ1) is 32.3. The normalized spacial score (nSPS) is 15.1. The van der Waals surface area contributed by atoms with Crippen LogP contribution < -0.4 is 4.90 Å². The smallest absolute Gasteiger partial charge is 0.354 e. The number of hydrogen-bond donors (Lipinski definition) is 0. The van der Waals surface area contributed by atoms with Crippen LogP contribution in [0.3, 0.4) is 0 Å². The van der Waals surface area contributed by atoms with E-state index in [9.17, 15) is 35.5 Å². The van der Waals surface area contributed by atoms with E-state index in [4.69, 9.17) is 0 Å². The summed E-state index contributed by atoms with van der Waals surface area (Å²) in [6.07, 6.45) is -10.2. The molecule has 4 rings (SSSR count). The van der Waals surface area contributed by atoms with Gasteiger partial charge < -0.3 is 9.80 Å². The molecule has 0 atom stereocenters. The molecule has 1 fully saturated rings. The van der Waals surface area contributed by atoms with Crippen molar-refractivity contribution in [3.8, 4) is 5.69 Å². The molecule has 1 aliphatic heterocycles. The minimum absolute atomic E-state index is 0.00142. The third-order valence-corrected chi connectivity index (χ3v) is 7.60. The minimum atomic E-state index is -5.09. The Morgan fingerprint density at radius 2 is 1.49 bits per heavy atom. The molecule has 0 bridgehead atoms. The zero-order valence-corrected chi connectivity index (χ0v) is 24.5. The average molecular weight is 614 g/mol. The number of carbonyl (C=O) groups is 1. The molecule has 0 radical (unpaired) electrons. The number of halogens is 7. The van der Waals surface area contributed by atoms with Gasteiger partial charge >= 0.3 is 12.4 Å². The van der Waals surface area contributed by atoms with Gasteiger partial charge in [-0.15, -0.1) is 0 Å². The van der Waals surface area contributed by atoms with Crippen LogP contribution in [0.1, 0.15) is 60.4 Å². The van der Waals surface area contributed by atoms with E-state index in [1.807, 2.05) is 0 Å². The highest BCUT2D eigenvalue weighted by Crippen LogP contribution is 2.37. The maximum absolute atomic E-state index is 14.2. The van der Waals surface area contributed by atoms with Crippen molar-refractivity contribution in [2.45, 2.75) is 65.6 Å². The summed E-state index contributed by atoms with van der Waals surface area (Å²) in [5.74, 6) is -0.878. The van der Waals surface area contributed by atoms with Crippen LogP contribution in [0.2, 0.25) is 0 Å². The Morgan fingerprint density at radius 3 is 1.98 bits per heavy atom. The van der Waals surface area contributed by atoms with Gasteiger partial charge in [-0.2, -0.15) is 31.4 Å². The zero-order valence-electron chi connectivity index (χ0n) is 24.5. The Balaban J connectivity index is 1.80. The fourth-order valence-corrected chi connectivity index (χ4v) is 5.20. The van der Waals surface area contributed by atoms with Crippen molar-refractivity contribution >= 4 is 11.7 Å². The van der Waals surface area contributed by atoms with Crippen molar-refractivity contribution in [1.82, 2.24) is 19.6 Å². The second-order valence-electron chi connectivity index (χ2n) is 11.2. The van der Waals surface area contributed by atoms with Gasteiger partial charge in [0.15, 0.2) is 0 Å². The molecule has 0 N–H and O–H groups in total. The summed E-state index contributed by atoms with van der Waals surface area (Å²) >= 11 is 0. The molecule has 43 heavy (non-hydrogen) atoms.